The van der Waals surface area contributed by atoms with Gasteiger partial charge in [-0.25, -0.2) is 4.68 Å². The second-order valence-electron chi connectivity index (χ2n) is 11.7. The van der Waals surface area contributed by atoms with E-state index in [1.165, 1.54) is 32.4 Å². The maximum atomic E-state index is 12.4. The Morgan fingerprint density at radius 2 is 1.47 bits per heavy atom. The highest BCUT2D eigenvalue weighted by molar-refractivity contribution is 6.10. The van der Waals surface area contributed by atoms with Gasteiger partial charge in [-0.2, -0.15) is 0 Å². The van der Waals surface area contributed by atoms with Crippen molar-refractivity contribution in [1.29, 1.82) is 0 Å². The van der Waals surface area contributed by atoms with Crippen LogP contribution in [0.5, 0.6) is 23.0 Å². The predicted octanol–water partition coefficient (Wildman–Crippen LogP) is 0.685. The van der Waals surface area contributed by atoms with Gasteiger partial charge in [0.05, 0.1) is 73.0 Å². The van der Waals surface area contributed by atoms with E-state index in [2.05, 4.69) is 10.3 Å². The summed E-state index contributed by atoms with van der Waals surface area (Å²) in [6.45, 7) is 1.16. The fourth-order valence-corrected chi connectivity index (χ4v) is 4.95. The first-order valence-corrected chi connectivity index (χ1v) is 16.7. The van der Waals surface area contributed by atoms with Crippen molar-refractivity contribution in [2.75, 3.05) is 53.9 Å². The van der Waals surface area contributed by atoms with Gasteiger partial charge in [-0.1, -0.05) is 29.5 Å². The maximum Gasteiger partial charge on any atom is 0.186 e. The van der Waals surface area contributed by atoms with Crippen molar-refractivity contribution in [2.45, 2.75) is 50.3 Å². The van der Waals surface area contributed by atoms with Crippen LogP contribution in [-0.4, -0.2) is 137 Å². The molecule has 0 aliphatic carbocycles. The van der Waals surface area contributed by atoms with Crippen molar-refractivity contribution in [2.24, 2.45) is 0 Å². The fraction of sp³-hybridized carbons (Fsp3) is 0.444. The van der Waals surface area contributed by atoms with Gasteiger partial charge in [-0.05, 0) is 47.5 Å². The van der Waals surface area contributed by atoms with Crippen molar-refractivity contribution in [3.8, 4) is 23.0 Å². The number of rotatable bonds is 22. The van der Waals surface area contributed by atoms with Crippen LogP contribution in [0.15, 0.2) is 54.7 Å². The molecule has 1 saturated heterocycles. The van der Waals surface area contributed by atoms with Crippen molar-refractivity contribution in [3.63, 3.8) is 0 Å². The van der Waals surface area contributed by atoms with Crippen LogP contribution in [0.3, 0.4) is 0 Å². The van der Waals surface area contributed by atoms with E-state index in [4.69, 9.17) is 33.2 Å². The highest BCUT2D eigenvalue weighted by Gasteiger charge is 2.43. The zero-order valence-corrected chi connectivity index (χ0v) is 29.4. The minimum Gasteiger partial charge on any atom is -0.504 e. The molecule has 1 aliphatic rings. The molecular formula is C36H45N3O14. The van der Waals surface area contributed by atoms with Crippen LogP contribution in [0.2, 0.25) is 0 Å². The van der Waals surface area contributed by atoms with Gasteiger partial charge in [-0.3, -0.25) is 9.59 Å². The average molecular weight is 744 g/mol. The van der Waals surface area contributed by atoms with Gasteiger partial charge in [-0.15, -0.1) is 5.10 Å². The number of phenols is 1. The molecule has 0 amide bonds. The quantitative estimate of drug-likeness (QED) is 0.0541. The zero-order chi connectivity index (χ0) is 38.2. The lowest BCUT2D eigenvalue weighted by Crippen LogP contribution is -2.59. The topological polar surface area (TPSA) is 231 Å². The molecule has 17 heteroatoms. The van der Waals surface area contributed by atoms with Gasteiger partial charge in [0.1, 0.15) is 36.7 Å². The van der Waals surface area contributed by atoms with E-state index in [-0.39, 0.29) is 55.9 Å². The Kier molecular flexibility index (Phi) is 16.3. The maximum absolute atomic E-state index is 12.4. The van der Waals surface area contributed by atoms with Crippen molar-refractivity contribution in [3.05, 3.63) is 71.6 Å². The Labute approximate surface area is 305 Å². The number of ether oxygens (including phenoxy) is 7. The van der Waals surface area contributed by atoms with E-state index in [1.807, 2.05) is 0 Å². The summed E-state index contributed by atoms with van der Waals surface area (Å²) >= 11 is 0. The number of hydrogen-bond acceptors (Lipinski definition) is 16. The molecule has 2 aromatic carbocycles. The first-order valence-electron chi connectivity index (χ1n) is 16.7. The van der Waals surface area contributed by atoms with Crippen LogP contribution in [0.4, 0.5) is 0 Å². The number of carbonyl (C=O) groups is 2. The SMILES string of the molecule is COc1cc(/C=C/C(=O)CC(=O)/C=C/c2ccc(OCc3cn(CCOCCOCCO[C@@H]4O[C@@H](CO)[C@@H](O)[C@@H](O)[C@H]4O)nn3)c(OC)c2)ccc1O. The number of phenolic OH excluding ortho intramolecular Hbond substituents is 1. The molecule has 2 heterocycles. The van der Waals surface area contributed by atoms with Gasteiger partial charge < -0.3 is 58.7 Å². The molecule has 0 spiro atoms. The summed E-state index contributed by atoms with van der Waals surface area (Å²) in [5.41, 5.74) is 1.88. The average Bonchev–Trinajstić information content (AvgIpc) is 3.62. The normalized spacial score (nSPS) is 20.2. The largest absolute Gasteiger partial charge is 0.504 e. The minimum absolute atomic E-state index is 0.0142. The molecule has 1 aromatic heterocycles. The van der Waals surface area contributed by atoms with Crippen LogP contribution >= 0.6 is 0 Å². The molecular weight excluding hydrogens is 698 g/mol. The van der Waals surface area contributed by atoms with E-state index in [1.54, 1.807) is 53.4 Å². The van der Waals surface area contributed by atoms with Gasteiger partial charge >= 0.3 is 0 Å². The lowest BCUT2D eigenvalue weighted by atomic mass is 9.99. The van der Waals surface area contributed by atoms with E-state index >= 15 is 0 Å². The number of aliphatic hydroxyl groups excluding tert-OH is 4. The monoisotopic (exact) mass is 743 g/mol. The number of allylic oxidation sites excluding steroid dienone is 2. The third kappa shape index (κ3) is 12.7. The lowest BCUT2D eigenvalue weighted by molar-refractivity contribution is -0.302. The van der Waals surface area contributed by atoms with Gasteiger partial charge in [0.25, 0.3) is 0 Å². The number of aliphatic hydroxyl groups is 4. The first-order chi connectivity index (χ1) is 25.6. The first kappa shape index (κ1) is 41.0. The number of carbonyl (C=O) groups excluding carboxylic acids is 2. The molecule has 53 heavy (non-hydrogen) atoms. The molecule has 1 fully saturated rings. The smallest absolute Gasteiger partial charge is 0.186 e. The number of hydrogen-bond donors (Lipinski definition) is 5. The highest BCUT2D eigenvalue weighted by atomic mass is 16.7. The van der Waals surface area contributed by atoms with Crippen LogP contribution in [-0.2, 0) is 41.7 Å². The molecule has 0 bridgehead atoms. The van der Waals surface area contributed by atoms with Gasteiger partial charge in [0, 0.05) is 0 Å². The number of methoxy groups -OCH3 is 2. The molecule has 0 radical (unpaired) electrons. The summed E-state index contributed by atoms with van der Waals surface area (Å²) in [7, 11) is 2.92. The number of aromatic nitrogens is 3. The molecule has 0 saturated carbocycles. The third-order valence-corrected chi connectivity index (χ3v) is 7.82. The van der Waals surface area contributed by atoms with E-state index in [0.29, 0.717) is 48.1 Å². The standard InChI is InChI=1S/C36H45N3O14/c1-47-30-17-23(5-9-28(30)43)3-7-26(41)19-27(42)8-4-24-6-10-29(31(18-24)48-2)52-22-25-20-39(38-37-25)11-12-49-13-14-50-15-16-51-36-35(46)34(45)33(44)32(21-40)53-36/h3-10,17-18,20,32-36,40,43-46H,11-16,19,21-22H2,1-2H3/b7-3+,8-4+/t32-,33+,34+,35+,36+/m0/s1. The third-order valence-electron chi connectivity index (χ3n) is 7.82. The Bertz CT molecular complexity index is 1680. The zero-order valence-electron chi connectivity index (χ0n) is 29.4. The number of ketones is 2. The second-order valence-corrected chi connectivity index (χ2v) is 11.7. The molecule has 288 valence electrons. The summed E-state index contributed by atoms with van der Waals surface area (Å²) < 4.78 is 39.6. The molecule has 3 aromatic rings. The molecule has 1 aliphatic heterocycles. The summed E-state index contributed by atoms with van der Waals surface area (Å²) in [5.74, 6) is 0.409. The Hall–Kier alpha value is -4.72. The molecule has 4 rings (SSSR count). The second kappa shape index (κ2) is 21.1. The van der Waals surface area contributed by atoms with E-state index < -0.39 is 37.3 Å². The number of nitrogens with zero attached hydrogens (tertiary/aromatic N) is 3. The molecule has 17 nitrogen and oxygen atoms in total. The molecule has 5 atom stereocenters. The Balaban J connectivity index is 1.11. The molecule has 5 N–H and O–H groups in total. The number of aromatic hydroxyl groups is 1. The summed E-state index contributed by atoms with van der Waals surface area (Å²) in [4.78, 5) is 24.7. The summed E-state index contributed by atoms with van der Waals surface area (Å²) in [6.07, 6.45) is 0.514. The van der Waals surface area contributed by atoms with Crippen LogP contribution in [0, 0.1) is 0 Å². The lowest BCUT2D eigenvalue weighted by Gasteiger charge is -2.39. The predicted molar refractivity (Wildman–Crippen MR) is 186 cm³/mol. The van der Waals surface area contributed by atoms with E-state index in [0.717, 1.165) is 0 Å². The van der Waals surface area contributed by atoms with Crippen molar-refractivity contribution >= 4 is 23.7 Å². The highest BCUT2D eigenvalue weighted by Crippen LogP contribution is 2.30. The van der Waals surface area contributed by atoms with E-state index in [9.17, 15) is 35.1 Å². The van der Waals surface area contributed by atoms with Crippen molar-refractivity contribution < 1.29 is 68.3 Å². The fourth-order valence-electron chi connectivity index (χ4n) is 4.95. The Morgan fingerprint density at radius 1 is 0.830 bits per heavy atom. The molecule has 0 unspecified atom stereocenters. The minimum atomic E-state index is -1.50. The number of benzene rings is 2. The van der Waals surface area contributed by atoms with Gasteiger partial charge in [0.15, 0.2) is 40.9 Å². The van der Waals surface area contributed by atoms with Crippen molar-refractivity contribution in [1.82, 2.24) is 15.0 Å². The summed E-state index contributed by atoms with van der Waals surface area (Å²) in [5, 5.41) is 56.7. The van der Waals surface area contributed by atoms with Crippen LogP contribution < -0.4 is 14.2 Å². The van der Waals surface area contributed by atoms with Crippen LogP contribution in [0.25, 0.3) is 12.2 Å². The summed E-state index contributed by atoms with van der Waals surface area (Å²) in [6, 6.07) is 9.79. The Morgan fingerprint density at radius 3 is 2.15 bits per heavy atom. The van der Waals surface area contributed by atoms with Crippen LogP contribution in [0.1, 0.15) is 23.2 Å². The van der Waals surface area contributed by atoms with Gasteiger partial charge in [0.2, 0.25) is 0 Å².